The Morgan fingerprint density at radius 2 is 1.76 bits per heavy atom. The van der Waals surface area contributed by atoms with Gasteiger partial charge in [-0.3, -0.25) is 24.2 Å². The number of hydrogen-bond acceptors (Lipinski definition) is 8. The standard InChI is InChI=1S/C21H29N5O6S2/c1-3-15-13-33-19(22-15)17(11-14-5-7-16(8-6-14)24-34(30,31)32)23-18(27)12-26-10-9-25(4-2)20(28)21(26)29/h5-8,13,17-18,23-24,27H,3-4,9-12H2,1-2H3,(H,30,31,32)/t17-,18?/m0/s1. The number of likely N-dealkylation sites (N-methyl/N-ethyl adjacent to an activating group) is 1. The lowest BCUT2D eigenvalue weighted by atomic mass is 10.1. The fourth-order valence-corrected chi connectivity index (χ4v) is 5.04. The van der Waals surface area contributed by atoms with Crippen LogP contribution in [0.5, 0.6) is 0 Å². The molecule has 186 valence electrons. The number of aryl methyl sites for hydroxylation is 1. The number of β-amino-alcohol motifs (C(OH)–C–C–N with tert-alkyl or cyclic N) is 1. The van der Waals surface area contributed by atoms with Gasteiger partial charge in [-0.25, -0.2) is 4.98 Å². The van der Waals surface area contributed by atoms with E-state index in [4.69, 9.17) is 4.55 Å². The first-order valence-corrected chi connectivity index (χ1v) is 13.2. The van der Waals surface area contributed by atoms with Gasteiger partial charge in [0.2, 0.25) is 0 Å². The molecule has 11 nitrogen and oxygen atoms in total. The molecule has 1 fully saturated rings. The lowest BCUT2D eigenvalue weighted by Gasteiger charge is -2.34. The van der Waals surface area contributed by atoms with E-state index in [2.05, 4.69) is 10.3 Å². The summed E-state index contributed by atoms with van der Waals surface area (Å²) in [5, 5.41) is 16.5. The molecule has 0 saturated carbocycles. The van der Waals surface area contributed by atoms with E-state index in [1.165, 1.54) is 33.3 Å². The SMILES string of the molecule is CCc1csc([C@H](Cc2ccc(NS(=O)(=O)O)cc2)NC(O)CN2CCN(CC)C(=O)C2=O)n1. The number of carbonyl (C=O) groups is 2. The van der Waals surface area contributed by atoms with Gasteiger partial charge in [-0.1, -0.05) is 19.1 Å². The van der Waals surface area contributed by atoms with E-state index < -0.39 is 28.3 Å². The summed E-state index contributed by atoms with van der Waals surface area (Å²) in [6.07, 6.45) is 0.0978. The van der Waals surface area contributed by atoms with Crippen molar-refractivity contribution in [1.82, 2.24) is 20.1 Å². The Kier molecular flexibility index (Phi) is 8.60. The topological polar surface area (TPSA) is 152 Å². The highest BCUT2D eigenvalue weighted by Gasteiger charge is 2.33. The number of aromatic nitrogens is 1. The van der Waals surface area contributed by atoms with Crippen molar-refractivity contribution >= 4 is 39.1 Å². The van der Waals surface area contributed by atoms with Crippen molar-refractivity contribution in [2.75, 3.05) is 30.9 Å². The summed E-state index contributed by atoms with van der Waals surface area (Å²) in [6, 6.07) is 6.06. The van der Waals surface area contributed by atoms with Crippen LogP contribution in [-0.4, -0.2) is 77.1 Å². The van der Waals surface area contributed by atoms with Crippen molar-refractivity contribution in [3.63, 3.8) is 0 Å². The number of benzene rings is 1. The van der Waals surface area contributed by atoms with Crippen molar-refractivity contribution in [2.45, 2.75) is 39.0 Å². The number of carbonyl (C=O) groups excluding carboxylic acids is 2. The van der Waals surface area contributed by atoms with Gasteiger partial charge in [0.05, 0.1) is 24.0 Å². The highest BCUT2D eigenvalue weighted by molar-refractivity contribution is 7.87. The molecule has 1 aliphatic rings. The van der Waals surface area contributed by atoms with Gasteiger partial charge < -0.3 is 14.9 Å². The van der Waals surface area contributed by atoms with Crippen LogP contribution in [0.4, 0.5) is 5.69 Å². The number of anilines is 1. The maximum Gasteiger partial charge on any atom is 0.357 e. The van der Waals surface area contributed by atoms with E-state index in [1.54, 1.807) is 12.1 Å². The summed E-state index contributed by atoms with van der Waals surface area (Å²) in [5.74, 6) is -1.20. The van der Waals surface area contributed by atoms with Crippen LogP contribution in [0.1, 0.15) is 36.2 Å². The molecule has 1 saturated heterocycles. The van der Waals surface area contributed by atoms with Crippen molar-refractivity contribution in [3.8, 4) is 0 Å². The third-order valence-electron chi connectivity index (χ3n) is 5.44. The molecule has 2 amide bonds. The zero-order chi connectivity index (χ0) is 24.9. The fraction of sp³-hybridized carbons (Fsp3) is 0.476. The lowest BCUT2D eigenvalue weighted by Crippen LogP contribution is -2.57. The van der Waals surface area contributed by atoms with Crippen LogP contribution in [0.3, 0.4) is 0 Å². The number of hydrogen-bond donors (Lipinski definition) is 4. The smallest absolute Gasteiger partial charge is 0.357 e. The number of nitrogens with one attached hydrogen (secondary N) is 2. The van der Waals surface area contributed by atoms with Gasteiger partial charge in [-0.15, -0.1) is 11.3 Å². The van der Waals surface area contributed by atoms with E-state index in [1.807, 2.05) is 23.9 Å². The van der Waals surface area contributed by atoms with Gasteiger partial charge in [0.15, 0.2) is 0 Å². The van der Waals surface area contributed by atoms with Gasteiger partial charge in [0, 0.05) is 25.0 Å². The second-order valence-electron chi connectivity index (χ2n) is 7.88. The molecule has 4 N–H and O–H groups in total. The Balaban J connectivity index is 1.71. The first kappa shape index (κ1) is 26.0. The summed E-state index contributed by atoms with van der Waals surface area (Å²) < 4.78 is 32.9. The van der Waals surface area contributed by atoms with Gasteiger partial charge >= 0.3 is 22.1 Å². The van der Waals surface area contributed by atoms with E-state index in [0.717, 1.165) is 22.7 Å². The average molecular weight is 512 g/mol. The normalized spacial score (nSPS) is 16.6. The van der Waals surface area contributed by atoms with Gasteiger partial charge in [-0.05, 0) is 37.5 Å². The second-order valence-corrected chi connectivity index (χ2v) is 9.92. The number of aliphatic hydroxyl groups is 1. The van der Waals surface area contributed by atoms with Crippen LogP contribution in [-0.2, 0) is 32.7 Å². The van der Waals surface area contributed by atoms with Crippen LogP contribution in [0.15, 0.2) is 29.6 Å². The van der Waals surface area contributed by atoms with Crippen LogP contribution < -0.4 is 10.0 Å². The Labute approximate surface area is 202 Å². The quantitative estimate of drug-likeness (QED) is 0.196. The van der Waals surface area contributed by atoms with Crippen LogP contribution in [0.25, 0.3) is 0 Å². The Morgan fingerprint density at radius 3 is 2.35 bits per heavy atom. The van der Waals surface area contributed by atoms with E-state index in [9.17, 15) is 23.1 Å². The van der Waals surface area contributed by atoms with Crippen LogP contribution in [0, 0.1) is 0 Å². The molecular formula is C21H29N5O6S2. The average Bonchev–Trinajstić information content (AvgIpc) is 3.26. The highest BCUT2D eigenvalue weighted by Crippen LogP contribution is 2.24. The first-order valence-electron chi connectivity index (χ1n) is 10.9. The maximum atomic E-state index is 12.4. The minimum absolute atomic E-state index is 0.0398. The van der Waals surface area contributed by atoms with Gasteiger partial charge in [-0.2, -0.15) is 8.42 Å². The molecule has 1 aromatic carbocycles. The molecule has 13 heteroatoms. The van der Waals surface area contributed by atoms with Crippen molar-refractivity contribution < 1.29 is 27.7 Å². The number of rotatable bonds is 11. The lowest BCUT2D eigenvalue weighted by molar-refractivity contribution is -0.157. The number of piperazine rings is 1. The van der Waals surface area contributed by atoms with Crippen molar-refractivity contribution in [3.05, 3.63) is 45.9 Å². The molecular weight excluding hydrogens is 482 g/mol. The summed E-state index contributed by atoms with van der Waals surface area (Å²) in [5.41, 5.74) is 1.97. The van der Waals surface area contributed by atoms with Crippen LogP contribution in [0.2, 0.25) is 0 Å². The van der Waals surface area contributed by atoms with Crippen molar-refractivity contribution in [1.29, 1.82) is 0 Å². The summed E-state index contributed by atoms with van der Waals surface area (Å²) in [4.78, 5) is 32.0. The molecule has 0 spiro atoms. The third kappa shape index (κ3) is 6.96. The predicted octanol–water partition coefficient (Wildman–Crippen LogP) is 0.803. The van der Waals surface area contributed by atoms with Crippen LogP contribution >= 0.6 is 11.3 Å². The number of aliphatic hydroxyl groups excluding tert-OH is 1. The maximum absolute atomic E-state index is 12.4. The molecule has 2 heterocycles. The number of thiazole rings is 1. The minimum atomic E-state index is -4.36. The molecule has 2 aromatic rings. The number of amides is 2. The van der Waals surface area contributed by atoms with E-state index in [0.29, 0.717) is 26.1 Å². The first-order chi connectivity index (χ1) is 16.1. The van der Waals surface area contributed by atoms with Crippen molar-refractivity contribution in [2.24, 2.45) is 0 Å². The molecule has 0 radical (unpaired) electrons. The second kappa shape index (κ2) is 11.2. The molecule has 0 bridgehead atoms. The Bertz CT molecular complexity index is 1110. The Morgan fingerprint density at radius 1 is 1.12 bits per heavy atom. The molecule has 3 rings (SSSR count). The summed E-state index contributed by atoms with van der Waals surface area (Å²) >= 11 is 1.45. The van der Waals surface area contributed by atoms with Gasteiger partial charge in [0.1, 0.15) is 11.2 Å². The van der Waals surface area contributed by atoms with Gasteiger partial charge in [0.25, 0.3) is 0 Å². The molecule has 34 heavy (non-hydrogen) atoms. The largest absolute Gasteiger partial charge is 0.377 e. The molecule has 2 atom stereocenters. The fourth-order valence-electron chi connectivity index (χ4n) is 3.64. The molecule has 0 aliphatic carbocycles. The third-order valence-corrected chi connectivity index (χ3v) is 6.94. The zero-order valence-corrected chi connectivity index (χ0v) is 20.6. The van der Waals surface area contributed by atoms with E-state index >= 15 is 0 Å². The minimum Gasteiger partial charge on any atom is -0.377 e. The highest BCUT2D eigenvalue weighted by atomic mass is 32.2. The molecule has 1 aromatic heterocycles. The Hall–Kier alpha value is -2.58. The zero-order valence-electron chi connectivity index (χ0n) is 19.0. The van der Waals surface area contributed by atoms with E-state index in [-0.39, 0.29) is 18.3 Å². The summed E-state index contributed by atoms with van der Waals surface area (Å²) in [7, 11) is -4.36. The predicted molar refractivity (Wildman–Crippen MR) is 128 cm³/mol. The molecule has 1 unspecified atom stereocenters. The number of nitrogens with zero attached hydrogens (tertiary/aromatic N) is 3. The monoisotopic (exact) mass is 511 g/mol. The summed E-state index contributed by atoms with van der Waals surface area (Å²) in [6.45, 7) is 5.00. The molecule has 1 aliphatic heterocycles.